The minimum absolute atomic E-state index is 0.150. The molecular weight excluding hydrogens is 224 g/mol. The maximum atomic E-state index is 12.1. The summed E-state index contributed by atoms with van der Waals surface area (Å²) in [5.74, 6) is 0.150. The lowest BCUT2D eigenvalue weighted by atomic mass is 10.0. The van der Waals surface area contributed by atoms with Gasteiger partial charge in [0.25, 0.3) is 0 Å². The van der Waals surface area contributed by atoms with Crippen LogP contribution >= 0.6 is 0 Å². The van der Waals surface area contributed by atoms with Crippen molar-refractivity contribution in [2.45, 2.75) is 12.8 Å². The topological polar surface area (TPSA) is 36.1 Å². The zero-order valence-electron chi connectivity index (χ0n) is 10.2. The van der Waals surface area contributed by atoms with E-state index in [2.05, 4.69) is 28.1 Å². The first-order valence-corrected chi connectivity index (χ1v) is 6.34. The molecule has 18 heavy (non-hydrogen) atoms. The maximum Gasteiger partial charge on any atom is 0.198 e. The summed E-state index contributed by atoms with van der Waals surface area (Å²) in [4.78, 5) is 17.3. The molecular formula is C15H16N2O. The summed E-state index contributed by atoms with van der Waals surface area (Å²) in [6, 6.07) is 12.1. The molecule has 0 bridgehead atoms. The quantitative estimate of drug-likeness (QED) is 0.837. The second-order valence-electron chi connectivity index (χ2n) is 4.66. The van der Waals surface area contributed by atoms with Gasteiger partial charge in [-0.25, -0.2) is 0 Å². The SMILES string of the molecule is O=C(CN1CCCc2ccccc21)c1ccc[nH]1. The molecule has 2 aromatic rings. The van der Waals surface area contributed by atoms with Crippen molar-refractivity contribution in [1.82, 2.24) is 4.98 Å². The molecule has 92 valence electrons. The highest BCUT2D eigenvalue weighted by Crippen LogP contribution is 2.26. The number of carbonyl (C=O) groups is 1. The van der Waals surface area contributed by atoms with E-state index in [9.17, 15) is 4.79 Å². The number of para-hydroxylation sites is 1. The number of ketones is 1. The largest absolute Gasteiger partial charge is 0.364 e. The molecule has 1 aromatic heterocycles. The van der Waals surface area contributed by atoms with E-state index in [1.165, 1.54) is 11.3 Å². The molecule has 0 amide bonds. The van der Waals surface area contributed by atoms with E-state index >= 15 is 0 Å². The molecule has 0 radical (unpaired) electrons. The molecule has 0 fully saturated rings. The van der Waals surface area contributed by atoms with Gasteiger partial charge in [0.2, 0.25) is 0 Å². The number of benzene rings is 1. The fourth-order valence-corrected chi connectivity index (χ4v) is 2.54. The van der Waals surface area contributed by atoms with Gasteiger partial charge in [0.1, 0.15) is 0 Å². The molecule has 3 nitrogen and oxygen atoms in total. The van der Waals surface area contributed by atoms with Crippen LogP contribution in [0.2, 0.25) is 0 Å². The van der Waals surface area contributed by atoms with Crippen LogP contribution in [0, 0.1) is 0 Å². The average molecular weight is 240 g/mol. The third-order valence-electron chi connectivity index (χ3n) is 3.44. The highest BCUT2D eigenvalue weighted by molar-refractivity contribution is 5.97. The van der Waals surface area contributed by atoms with Crippen LogP contribution < -0.4 is 4.90 Å². The first-order valence-electron chi connectivity index (χ1n) is 6.34. The predicted octanol–water partition coefficient (Wildman–Crippen LogP) is 2.65. The highest BCUT2D eigenvalue weighted by atomic mass is 16.1. The van der Waals surface area contributed by atoms with E-state index in [0.717, 1.165) is 19.4 Å². The van der Waals surface area contributed by atoms with Crippen molar-refractivity contribution in [3.63, 3.8) is 0 Å². The summed E-state index contributed by atoms with van der Waals surface area (Å²) >= 11 is 0. The zero-order valence-corrected chi connectivity index (χ0v) is 10.2. The predicted molar refractivity (Wildman–Crippen MR) is 72.1 cm³/mol. The van der Waals surface area contributed by atoms with Crippen LogP contribution in [0.5, 0.6) is 0 Å². The number of hydrogen-bond acceptors (Lipinski definition) is 2. The molecule has 0 atom stereocenters. The molecule has 1 aromatic carbocycles. The minimum Gasteiger partial charge on any atom is -0.364 e. The average Bonchev–Trinajstić information content (AvgIpc) is 2.93. The second kappa shape index (κ2) is 4.69. The monoisotopic (exact) mass is 240 g/mol. The number of Topliss-reactive ketones (excluding diaryl/α,β-unsaturated/α-hetero) is 1. The van der Waals surface area contributed by atoms with Crippen LogP contribution in [-0.4, -0.2) is 23.9 Å². The maximum absolute atomic E-state index is 12.1. The number of fused-ring (bicyclic) bond motifs is 1. The third-order valence-corrected chi connectivity index (χ3v) is 3.44. The van der Waals surface area contributed by atoms with Gasteiger partial charge >= 0.3 is 0 Å². The van der Waals surface area contributed by atoms with Gasteiger partial charge in [0.05, 0.1) is 12.2 Å². The number of aryl methyl sites for hydroxylation is 1. The van der Waals surface area contributed by atoms with E-state index in [1.54, 1.807) is 6.20 Å². The number of aromatic amines is 1. The molecule has 0 spiro atoms. The third kappa shape index (κ3) is 2.04. The molecule has 1 N–H and O–H groups in total. The van der Waals surface area contributed by atoms with E-state index in [0.29, 0.717) is 12.2 Å². The Labute approximate surface area is 106 Å². The van der Waals surface area contributed by atoms with Gasteiger partial charge in [-0.3, -0.25) is 4.79 Å². The van der Waals surface area contributed by atoms with Gasteiger partial charge in [0, 0.05) is 18.4 Å². The summed E-state index contributed by atoms with van der Waals surface area (Å²) in [7, 11) is 0. The van der Waals surface area contributed by atoms with Crippen LogP contribution in [0.3, 0.4) is 0 Å². The standard InChI is InChI=1S/C15H16N2O/c18-15(13-7-3-9-16-13)11-17-10-4-6-12-5-1-2-8-14(12)17/h1-3,5,7-9,16H,4,6,10-11H2. The van der Waals surface area contributed by atoms with E-state index in [-0.39, 0.29) is 5.78 Å². The van der Waals surface area contributed by atoms with Crippen molar-refractivity contribution in [2.24, 2.45) is 0 Å². The summed E-state index contributed by atoms with van der Waals surface area (Å²) < 4.78 is 0. The van der Waals surface area contributed by atoms with Crippen LogP contribution in [0.25, 0.3) is 0 Å². The number of anilines is 1. The fraction of sp³-hybridized carbons (Fsp3) is 0.267. The Morgan fingerprint density at radius 1 is 1.22 bits per heavy atom. The van der Waals surface area contributed by atoms with Crippen molar-refractivity contribution < 1.29 is 4.79 Å². The highest BCUT2D eigenvalue weighted by Gasteiger charge is 2.19. The van der Waals surface area contributed by atoms with Gasteiger partial charge in [-0.2, -0.15) is 0 Å². The van der Waals surface area contributed by atoms with Crippen molar-refractivity contribution in [3.05, 3.63) is 53.9 Å². The number of carbonyl (C=O) groups excluding carboxylic acids is 1. The van der Waals surface area contributed by atoms with E-state index < -0.39 is 0 Å². The van der Waals surface area contributed by atoms with Gasteiger partial charge in [-0.05, 0) is 36.6 Å². The van der Waals surface area contributed by atoms with Crippen LogP contribution in [-0.2, 0) is 6.42 Å². The Morgan fingerprint density at radius 2 is 2.11 bits per heavy atom. The molecule has 0 unspecified atom stereocenters. The second-order valence-corrected chi connectivity index (χ2v) is 4.66. The van der Waals surface area contributed by atoms with E-state index in [1.807, 2.05) is 18.2 Å². The Balaban J connectivity index is 1.80. The van der Waals surface area contributed by atoms with Gasteiger partial charge < -0.3 is 9.88 Å². The lowest BCUT2D eigenvalue weighted by molar-refractivity contribution is 0.0994. The van der Waals surface area contributed by atoms with Crippen molar-refractivity contribution in [1.29, 1.82) is 0 Å². The summed E-state index contributed by atoms with van der Waals surface area (Å²) in [6.45, 7) is 1.42. The number of rotatable bonds is 3. The zero-order chi connectivity index (χ0) is 12.4. The number of nitrogens with one attached hydrogen (secondary N) is 1. The smallest absolute Gasteiger partial charge is 0.198 e. The van der Waals surface area contributed by atoms with Crippen molar-refractivity contribution >= 4 is 11.5 Å². The number of nitrogens with zero attached hydrogens (tertiary/aromatic N) is 1. The molecule has 1 aliphatic heterocycles. The van der Waals surface area contributed by atoms with Crippen LogP contribution in [0.4, 0.5) is 5.69 Å². The fourth-order valence-electron chi connectivity index (χ4n) is 2.54. The summed E-state index contributed by atoms with van der Waals surface area (Å²) in [6.07, 6.45) is 4.02. The lowest BCUT2D eigenvalue weighted by Gasteiger charge is -2.30. The number of hydrogen-bond donors (Lipinski definition) is 1. The molecule has 0 saturated carbocycles. The molecule has 3 rings (SSSR count). The van der Waals surface area contributed by atoms with E-state index in [4.69, 9.17) is 0 Å². The molecule has 1 aliphatic rings. The molecule has 3 heteroatoms. The van der Waals surface area contributed by atoms with Gasteiger partial charge in [-0.1, -0.05) is 18.2 Å². The number of aromatic nitrogens is 1. The van der Waals surface area contributed by atoms with Crippen LogP contribution in [0.15, 0.2) is 42.6 Å². The summed E-state index contributed by atoms with van der Waals surface area (Å²) in [5, 5.41) is 0. The van der Waals surface area contributed by atoms with Gasteiger partial charge in [0.15, 0.2) is 5.78 Å². The molecule has 0 saturated heterocycles. The number of H-pyrrole nitrogens is 1. The van der Waals surface area contributed by atoms with Gasteiger partial charge in [-0.15, -0.1) is 0 Å². The minimum atomic E-state index is 0.150. The van der Waals surface area contributed by atoms with Crippen molar-refractivity contribution in [3.8, 4) is 0 Å². The Bertz CT molecular complexity index is 545. The first-order chi connectivity index (χ1) is 8.84. The normalized spacial score (nSPS) is 14.3. The summed E-state index contributed by atoms with van der Waals surface area (Å²) in [5.41, 5.74) is 3.25. The molecule has 2 heterocycles. The Morgan fingerprint density at radius 3 is 2.94 bits per heavy atom. The Kier molecular flexibility index (Phi) is 2.89. The first kappa shape index (κ1) is 11.1. The van der Waals surface area contributed by atoms with Crippen LogP contribution in [0.1, 0.15) is 22.5 Å². The Hall–Kier alpha value is -2.03. The molecule has 0 aliphatic carbocycles. The van der Waals surface area contributed by atoms with Crippen molar-refractivity contribution in [2.75, 3.05) is 18.0 Å². The lowest BCUT2D eigenvalue weighted by Crippen LogP contribution is -2.34.